The lowest BCUT2D eigenvalue weighted by Crippen LogP contribution is -2.30. The van der Waals surface area contributed by atoms with Crippen LogP contribution in [0.4, 0.5) is 0 Å². The fourth-order valence-corrected chi connectivity index (χ4v) is 2.27. The molecule has 0 radical (unpaired) electrons. The van der Waals surface area contributed by atoms with E-state index >= 15 is 0 Å². The second-order valence-electron chi connectivity index (χ2n) is 4.67. The number of benzene rings is 1. The normalized spacial score (nSPS) is 20.3. The lowest BCUT2D eigenvalue weighted by Gasteiger charge is -2.13. The number of allylic oxidation sites excluding steroid dienone is 1. The Morgan fingerprint density at radius 3 is 2.94 bits per heavy atom. The Labute approximate surface area is 112 Å². The first-order valence-corrected chi connectivity index (χ1v) is 6.43. The Kier molecular flexibility index (Phi) is 4.04. The molecule has 1 aromatic carbocycles. The minimum Gasteiger partial charge on any atom is -0.338 e. The van der Waals surface area contributed by atoms with Gasteiger partial charge in [-0.25, -0.2) is 0 Å². The van der Waals surface area contributed by atoms with Gasteiger partial charge >= 0.3 is 0 Å². The summed E-state index contributed by atoms with van der Waals surface area (Å²) in [5.74, 6) is 0.0282. The predicted octanol–water partition coefficient (Wildman–Crippen LogP) is 2.30. The third-order valence-corrected chi connectivity index (χ3v) is 3.39. The molecule has 1 aliphatic heterocycles. The molecule has 1 unspecified atom stereocenters. The average Bonchev–Trinajstić information content (AvgIpc) is 2.76. The first-order chi connectivity index (χ1) is 8.56. The molecule has 0 aliphatic carbocycles. The first kappa shape index (κ1) is 13.1. The molecule has 1 aliphatic rings. The van der Waals surface area contributed by atoms with E-state index in [2.05, 4.69) is 0 Å². The van der Waals surface area contributed by atoms with Crippen LogP contribution in [-0.2, 0) is 4.79 Å². The highest BCUT2D eigenvalue weighted by molar-refractivity contribution is 6.30. The molecule has 2 rings (SSSR count). The van der Waals surface area contributed by atoms with Crippen LogP contribution >= 0.6 is 11.6 Å². The van der Waals surface area contributed by atoms with Crippen molar-refractivity contribution in [2.75, 3.05) is 13.1 Å². The number of nitrogens with zero attached hydrogens (tertiary/aromatic N) is 1. The van der Waals surface area contributed by atoms with Gasteiger partial charge in [0.25, 0.3) is 0 Å². The van der Waals surface area contributed by atoms with Gasteiger partial charge in [0, 0.05) is 30.2 Å². The van der Waals surface area contributed by atoms with E-state index in [4.69, 9.17) is 17.3 Å². The van der Waals surface area contributed by atoms with Crippen LogP contribution in [0.15, 0.2) is 30.3 Å². The molecule has 0 bridgehead atoms. The topological polar surface area (TPSA) is 46.3 Å². The molecular weight excluding hydrogens is 248 g/mol. The Bertz CT molecular complexity index is 484. The van der Waals surface area contributed by atoms with E-state index in [9.17, 15) is 4.79 Å². The van der Waals surface area contributed by atoms with Crippen LogP contribution in [0.5, 0.6) is 0 Å². The number of nitrogens with two attached hydrogens (primary N) is 1. The number of hydrogen-bond donors (Lipinski definition) is 1. The number of carbonyl (C=O) groups is 1. The predicted molar refractivity (Wildman–Crippen MR) is 74.3 cm³/mol. The number of likely N-dealkylation sites (tertiary alicyclic amines) is 1. The summed E-state index contributed by atoms with van der Waals surface area (Å²) in [5, 5.41) is 0.677. The van der Waals surface area contributed by atoms with E-state index in [0.717, 1.165) is 24.1 Å². The van der Waals surface area contributed by atoms with Gasteiger partial charge in [-0.15, -0.1) is 0 Å². The molecular formula is C14H17ClN2O. The smallest absolute Gasteiger partial charge is 0.246 e. The van der Waals surface area contributed by atoms with Crippen LogP contribution in [-0.4, -0.2) is 29.9 Å². The lowest BCUT2D eigenvalue weighted by atomic mass is 10.1. The molecule has 0 saturated carbocycles. The minimum atomic E-state index is 0.0282. The van der Waals surface area contributed by atoms with E-state index in [-0.39, 0.29) is 11.9 Å². The summed E-state index contributed by atoms with van der Waals surface area (Å²) in [4.78, 5) is 13.8. The van der Waals surface area contributed by atoms with Crippen LogP contribution in [0, 0.1) is 0 Å². The average molecular weight is 265 g/mol. The number of halogens is 1. The van der Waals surface area contributed by atoms with E-state index in [0.29, 0.717) is 11.6 Å². The van der Waals surface area contributed by atoms with Crippen molar-refractivity contribution in [1.29, 1.82) is 0 Å². The van der Waals surface area contributed by atoms with Crippen LogP contribution in [0.3, 0.4) is 0 Å². The maximum Gasteiger partial charge on any atom is 0.246 e. The van der Waals surface area contributed by atoms with Gasteiger partial charge in [0.2, 0.25) is 5.91 Å². The van der Waals surface area contributed by atoms with Gasteiger partial charge in [0.15, 0.2) is 0 Å². The van der Waals surface area contributed by atoms with Crippen LogP contribution in [0.25, 0.3) is 5.57 Å². The fraction of sp³-hybridized carbons (Fsp3) is 0.357. The SMILES string of the molecule is CC(=CC(=O)N1CCC(N)C1)c1cccc(Cl)c1. The Balaban J connectivity index is 2.10. The largest absolute Gasteiger partial charge is 0.338 e. The standard InChI is InChI=1S/C14H17ClN2O/c1-10(11-3-2-4-12(15)8-11)7-14(18)17-6-5-13(16)9-17/h2-4,7-8,13H,5-6,9,16H2,1H3. The van der Waals surface area contributed by atoms with Crippen LogP contribution in [0.2, 0.25) is 5.02 Å². The van der Waals surface area contributed by atoms with Gasteiger partial charge in [-0.1, -0.05) is 23.7 Å². The highest BCUT2D eigenvalue weighted by Crippen LogP contribution is 2.19. The highest BCUT2D eigenvalue weighted by Gasteiger charge is 2.22. The van der Waals surface area contributed by atoms with Gasteiger partial charge in [-0.3, -0.25) is 4.79 Å². The van der Waals surface area contributed by atoms with Gasteiger partial charge in [0.1, 0.15) is 0 Å². The van der Waals surface area contributed by atoms with E-state index in [1.54, 1.807) is 11.0 Å². The van der Waals surface area contributed by atoms with Crippen LogP contribution < -0.4 is 5.73 Å². The second kappa shape index (κ2) is 5.55. The van der Waals surface area contributed by atoms with Crippen LogP contribution in [0.1, 0.15) is 18.9 Å². The first-order valence-electron chi connectivity index (χ1n) is 6.05. The van der Waals surface area contributed by atoms with Gasteiger partial charge < -0.3 is 10.6 Å². The Morgan fingerprint density at radius 2 is 2.33 bits per heavy atom. The summed E-state index contributed by atoms with van der Waals surface area (Å²) in [5.41, 5.74) is 7.68. The van der Waals surface area contributed by atoms with Crippen molar-refractivity contribution >= 4 is 23.1 Å². The number of hydrogen-bond acceptors (Lipinski definition) is 2. The molecule has 18 heavy (non-hydrogen) atoms. The molecule has 3 nitrogen and oxygen atoms in total. The zero-order valence-corrected chi connectivity index (χ0v) is 11.2. The summed E-state index contributed by atoms with van der Waals surface area (Å²) in [6, 6.07) is 7.62. The molecule has 96 valence electrons. The van der Waals surface area contributed by atoms with Crippen molar-refractivity contribution < 1.29 is 4.79 Å². The number of carbonyl (C=O) groups excluding carboxylic acids is 1. The third kappa shape index (κ3) is 3.12. The lowest BCUT2D eigenvalue weighted by molar-refractivity contribution is -0.125. The zero-order chi connectivity index (χ0) is 13.1. The molecule has 1 saturated heterocycles. The maximum atomic E-state index is 12.0. The van der Waals surface area contributed by atoms with E-state index < -0.39 is 0 Å². The Morgan fingerprint density at radius 1 is 1.56 bits per heavy atom. The van der Waals surface area contributed by atoms with Crippen molar-refractivity contribution in [3.05, 3.63) is 40.9 Å². The summed E-state index contributed by atoms with van der Waals surface area (Å²) in [6.45, 7) is 3.32. The quantitative estimate of drug-likeness (QED) is 0.834. The molecule has 1 fully saturated rings. The molecule has 0 spiro atoms. The molecule has 1 aromatic rings. The molecule has 1 atom stereocenters. The summed E-state index contributed by atoms with van der Waals surface area (Å²) in [6.07, 6.45) is 2.54. The van der Waals surface area contributed by atoms with Gasteiger partial charge in [-0.2, -0.15) is 0 Å². The summed E-state index contributed by atoms with van der Waals surface area (Å²) >= 11 is 5.93. The maximum absolute atomic E-state index is 12.0. The summed E-state index contributed by atoms with van der Waals surface area (Å²) in [7, 11) is 0. The number of amides is 1. The van der Waals surface area contributed by atoms with Crippen molar-refractivity contribution in [2.45, 2.75) is 19.4 Å². The highest BCUT2D eigenvalue weighted by atomic mass is 35.5. The molecule has 4 heteroatoms. The van der Waals surface area contributed by atoms with Crippen molar-refractivity contribution in [3.63, 3.8) is 0 Å². The van der Waals surface area contributed by atoms with Gasteiger partial charge in [0.05, 0.1) is 0 Å². The fourth-order valence-electron chi connectivity index (χ4n) is 2.08. The molecule has 2 N–H and O–H groups in total. The third-order valence-electron chi connectivity index (χ3n) is 3.16. The van der Waals surface area contributed by atoms with Crippen molar-refractivity contribution in [1.82, 2.24) is 4.90 Å². The molecule has 0 aromatic heterocycles. The zero-order valence-electron chi connectivity index (χ0n) is 10.4. The van der Waals surface area contributed by atoms with Crippen molar-refractivity contribution in [3.8, 4) is 0 Å². The van der Waals surface area contributed by atoms with E-state index in [1.807, 2.05) is 31.2 Å². The molecule has 1 heterocycles. The number of rotatable bonds is 2. The second-order valence-corrected chi connectivity index (χ2v) is 5.11. The van der Waals surface area contributed by atoms with E-state index in [1.165, 1.54) is 0 Å². The van der Waals surface area contributed by atoms with Gasteiger partial charge in [-0.05, 0) is 36.6 Å². The summed E-state index contributed by atoms with van der Waals surface area (Å²) < 4.78 is 0. The molecule has 1 amide bonds. The van der Waals surface area contributed by atoms with Crippen molar-refractivity contribution in [2.24, 2.45) is 5.73 Å². The Hall–Kier alpha value is -1.32. The monoisotopic (exact) mass is 264 g/mol. The minimum absolute atomic E-state index is 0.0282.